The fourth-order valence-electron chi connectivity index (χ4n) is 2.41. The predicted octanol–water partition coefficient (Wildman–Crippen LogP) is 4.54. The molecule has 1 heterocycles. The highest BCUT2D eigenvalue weighted by Crippen LogP contribution is 2.28. The maximum absolute atomic E-state index is 12.5. The van der Waals surface area contributed by atoms with Crippen LogP contribution in [0.1, 0.15) is 30.6 Å². The van der Waals surface area contributed by atoms with Crippen LogP contribution in [0.4, 0.5) is 0 Å². The molecule has 3 rings (SSSR count). The number of oxazole rings is 1. The van der Waals surface area contributed by atoms with Crippen molar-refractivity contribution in [1.82, 2.24) is 10.3 Å². The largest absolute Gasteiger partial charge is 0.436 e. The molecule has 0 saturated carbocycles. The fraction of sp³-hybridized carbons (Fsp3) is 0.200. The number of amides is 1. The van der Waals surface area contributed by atoms with Crippen LogP contribution in [-0.2, 0) is 0 Å². The number of rotatable bonds is 5. The van der Waals surface area contributed by atoms with Crippen molar-refractivity contribution in [3.63, 3.8) is 0 Å². The molecule has 1 aromatic heterocycles. The molecule has 0 radical (unpaired) electrons. The Kier molecular flexibility index (Phi) is 4.75. The highest BCUT2D eigenvalue weighted by atomic mass is 16.4. The highest BCUT2D eigenvalue weighted by molar-refractivity contribution is 6.00. The first kappa shape index (κ1) is 16.0. The molecule has 4 heteroatoms. The van der Waals surface area contributed by atoms with Crippen molar-refractivity contribution < 1.29 is 9.21 Å². The number of nitrogens with one attached hydrogen (secondary N) is 1. The molecule has 0 aliphatic rings. The lowest BCUT2D eigenvalue weighted by molar-refractivity contribution is 0.0939. The minimum atomic E-state index is -0.112. The maximum atomic E-state index is 12.5. The summed E-state index contributed by atoms with van der Waals surface area (Å²) >= 11 is 0. The third-order valence-corrected chi connectivity index (χ3v) is 3.96. The minimum absolute atomic E-state index is 0.112. The van der Waals surface area contributed by atoms with Gasteiger partial charge in [0.25, 0.3) is 5.91 Å². The van der Waals surface area contributed by atoms with E-state index in [1.807, 2.05) is 62.4 Å². The van der Waals surface area contributed by atoms with Crippen molar-refractivity contribution in [2.24, 2.45) is 0 Å². The molecule has 0 unspecified atom stereocenters. The monoisotopic (exact) mass is 320 g/mol. The lowest BCUT2D eigenvalue weighted by atomic mass is 10.1. The lowest BCUT2D eigenvalue weighted by Crippen LogP contribution is -2.32. The SMILES string of the molecule is CC[C@H](C)NC(=O)c1ccccc1-c1ncc(-c2ccccc2)o1. The van der Waals surface area contributed by atoms with E-state index in [9.17, 15) is 4.79 Å². The van der Waals surface area contributed by atoms with E-state index in [1.165, 1.54) is 0 Å². The molecule has 3 aromatic rings. The summed E-state index contributed by atoms with van der Waals surface area (Å²) in [6.07, 6.45) is 2.57. The normalized spacial score (nSPS) is 11.9. The standard InChI is InChI=1S/C20H20N2O2/c1-3-14(2)22-19(23)16-11-7-8-12-17(16)20-21-13-18(24-20)15-9-5-4-6-10-15/h4-14H,3H2,1-2H3,(H,22,23)/t14-/m0/s1. The van der Waals surface area contributed by atoms with Crippen LogP contribution in [0.5, 0.6) is 0 Å². The molecule has 1 amide bonds. The van der Waals surface area contributed by atoms with Crippen LogP contribution in [0.3, 0.4) is 0 Å². The molecule has 0 aliphatic heterocycles. The van der Waals surface area contributed by atoms with Crippen LogP contribution in [0.25, 0.3) is 22.8 Å². The third-order valence-electron chi connectivity index (χ3n) is 3.96. The first-order valence-corrected chi connectivity index (χ1v) is 8.10. The number of nitrogens with zero attached hydrogens (tertiary/aromatic N) is 1. The van der Waals surface area contributed by atoms with Gasteiger partial charge in [0.15, 0.2) is 5.76 Å². The summed E-state index contributed by atoms with van der Waals surface area (Å²) in [5.41, 5.74) is 2.22. The third kappa shape index (κ3) is 3.38. The van der Waals surface area contributed by atoms with Gasteiger partial charge >= 0.3 is 0 Å². The molecule has 0 aliphatic carbocycles. The van der Waals surface area contributed by atoms with Gasteiger partial charge in [0, 0.05) is 17.2 Å². The molecular weight excluding hydrogens is 300 g/mol. The van der Waals surface area contributed by atoms with Crippen molar-refractivity contribution in [3.05, 3.63) is 66.4 Å². The van der Waals surface area contributed by atoms with Crippen molar-refractivity contribution in [2.75, 3.05) is 0 Å². The van der Waals surface area contributed by atoms with E-state index in [0.717, 1.165) is 12.0 Å². The van der Waals surface area contributed by atoms with Gasteiger partial charge < -0.3 is 9.73 Å². The van der Waals surface area contributed by atoms with Gasteiger partial charge in [-0.05, 0) is 25.5 Å². The number of hydrogen-bond donors (Lipinski definition) is 1. The van der Waals surface area contributed by atoms with Gasteiger partial charge in [-0.25, -0.2) is 4.98 Å². The van der Waals surface area contributed by atoms with E-state index >= 15 is 0 Å². The van der Waals surface area contributed by atoms with E-state index in [0.29, 0.717) is 22.8 Å². The second kappa shape index (κ2) is 7.13. The van der Waals surface area contributed by atoms with E-state index in [4.69, 9.17) is 4.42 Å². The Morgan fingerprint density at radius 1 is 1.12 bits per heavy atom. The van der Waals surface area contributed by atoms with Crippen LogP contribution < -0.4 is 5.32 Å². The zero-order valence-corrected chi connectivity index (χ0v) is 13.8. The summed E-state index contributed by atoms with van der Waals surface area (Å²) in [5, 5.41) is 2.99. The molecule has 122 valence electrons. The zero-order valence-electron chi connectivity index (χ0n) is 13.8. The fourth-order valence-corrected chi connectivity index (χ4v) is 2.41. The van der Waals surface area contributed by atoms with Gasteiger partial charge in [-0.1, -0.05) is 49.4 Å². The van der Waals surface area contributed by atoms with Gasteiger partial charge in [-0.3, -0.25) is 4.79 Å². The number of aromatic nitrogens is 1. The first-order valence-electron chi connectivity index (χ1n) is 8.10. The van der Waals surface area contributed by atoms with Crippen molar-refractivity contribution >= 4 is 5.91 Å². The van der Waals surface area contributed by atoms with Gasteiger partial charge in [0.2, 0.25) is 5.89 Å². The van der Waals surface area contributed by atoms with Crippen LogP contribution in [0.2, 0.25) is 0 Å². The molecule has 0 bridgehead atoms. The van der Waals surface area contributed by atoms with Crippen LogP contribution in [0, 0.1) is 0 Å². The average Bonchev–Trinajstić information content (AvgIpc) is 3.12. The molecular formula is C20H20N2O2. The second-order valence-corrected chi connectivity index (χ2v) is 5.72. The smallest absolute Gasteiger partial charge is 0.252 e. The summed E-state index contributed by atoms with van der Waals surface area (Å²) < 4.78 is 5.89. The molecule has 24 heavy (non-hydrogen) atoms. The summed E-state index contributed by atoms with van der Waals surface area (Å²) in [7, 11) is 0. The second-order valence-electron chi connectivity index (χ2n) is 5.72. The summed E-state index contributed by atoms with van der Waals surface area (Å²) in [5.74, 6) is 1.02. The van der Waals surface area contributed by atoms with Crippen LogP contribution >= 0.6 is 0 Å². The molecule has 4 nitrogen and oxygen atoms in total. The Labute approximate surface area is 141 Å². The van der Waals surface area contributed by atoms with Crippen LogP contribution in [-0.4, -0.2) is 16.9 Å². The minimum Gasteiger partial charge on any atom is -0.436 e. The van der Waals surface area contributed by atoms with Gasteiger partial charge in [0.05, 0.1) is 11.8 Å². The number of benzene rings is 2. The molecule has 1 atom stereocenters. The summed E-state index contributed by atoms with van der Waals surface area (Å²) in [6, 6.07) is 17.3. The van der Waals surface area contributed by atoms with Gasteiger partial charge in [-0.15, -0.1) is 0 Å². The zero-order chi connectivity index (χ0) is 16.9. The van der Waals surface area contributed by atoms with E-state index in [-0.39, 0.29) is 11.9 Å². The van der Waals surface area contributed by atoms with E-state index < -0.39 is 0 Å². The Morgan fingerprint density at radius 2 is 1.83 bits per heavy atom. The van der Waals surface area contributed by atoms with E-state index in [2.05, 4.69) is 10.3 Å². The Bertz CT molecular complexity index is 824. The highest BCUT2D eigenvalue weighted by Gasteiger charge is 2.17. The van der Waals surface area contributed by atoms with Crippen molar-refractivity contribution in [3.8, 4) is 22.8 Å². The van der Waals surface area contributed by atoms with Crippen molar-refractivity contribution in [1.29, 1.82) is 0 Å². The quantitative estimate of drug-likeness (QED) is 0.751. The molecule has 0 fully saturated rings. The summed E-state index contributed by atoms with van der Waals surface area (Å²) in [6.45, 7) is 4.02. The Morgan fingerprint density at radius 3 is 2.58 bits per heavy atom. The topological polar surface area (TPSA) is 55.1 Å². The maximum Gasteiger partial charge on any atom is 0.252 e. The number of hydrogen-bond acceptors (Lipinski definition) is 3. The number of carbonyl (C=O) groups is 1. The Hall–Kier alpha value is -2.88. The lowest BCUT2D eigenvalue weighted by Gasteiger charge is -2.12. The summed E-state index contributed by atoms with van der Waals surface area (Å²) in [4.78, 5) is 16.9. The molecule has 2 aromatic carbocycles. The molecule has 0 spiro atoms. The van der Waals surface area contributed by atoms with E-state index in [1.54, 1.807) is 12.3 Å². The predicted molar refractivity (Wildman–Crippen MR) is 94.6 cm³/mol. The molecule has 0 saturated heterocycles. The average molecular weight is 320 g/mol. The molecule has 1 N–H and O–H groups in total. The Balaban J connectivity index is 1.93. The van der Waals surface area contributed by atoms with Gasteiger partial charge in [-0.2, -0.15) is 0 Å². The number of carbonyl (C=O) groups excluding carboxylic acids is 1. The first-order chi connectivity index (χ1) is 11.7. The van der Waals surface area contributed by atoms with Crippen molar-refractivity contribution in [2.45, 2.75) is 26.3 Å². The van der Waals surface area contributed by atoms with Crippen LogP contribution in [0.15, 0.2) is 65.2 Å². The van der Waals surface area contributed by atoms with Gasteiger partial charge in [0.1, 0.15) is 0 Å².